The summed E-state index contributed by atoms with van der Waals surface area (Å²) < 4.78 is 0. The molecule has 90 valence electrons. The smallest absolute Gasteiger partial charge is 0.0445 e. The monoisotopic (exact) mass is 239 g/mol. The molecule has 0 saturated carbocycles. The summed E-state index contributed by atoms with van der Waals surface area (Å²) in [5, 5.41) is 9.11. The fourth-order valence-electron chi connectivity index (χ4n) is 1.58. The van der Waals surface area contributed by atoms with Gasteiger partial charge in [-0.15, -0.1) is 0 Å². The summed E-state index contributed by atoms with van der Waals surface area (Å²) in [7, 11) is 0. The molecular formula is C13H21NOS. The molecule has 0 aromatic heterocycles. The maximum absolute atomic E-state index is 8.78. The topological polar surface area (TPSA) is 46.2 Å². The first-order chi connectivity index (χ1) is 7.65. The van der Waals surface area contributed by atoms with Crippen LogP contribution < -0.4 is 5.73 Å². The van der Waals surface area contributed by atoms with Crippen molar-refractivity contribution in [1.29, 1.82) is 0 Å². The molecule has 1 rings (SSSR count). The third-order valence-electron chi connectivity index (χ3n) is 2.48. The zero-order valence-corrected chi connectivity index (χ0v) is 10.8. The Hall–Kier alpha value is -0.510. The number of hydrogen-bond acceptors (Lipinski definition) is 3. The second-order valence-electron chi connectivity index (χ2n) is 4.14. The highest BCUT2D eigenvalue weighted by Crippen LogP contribution is 2.31. The van der Waals surface area contributed by atoms with Crippen LogP contribution in [-0.4, -0.2) is 23.5 Å². The summed E-state index contributed by atoms with van der Waals surface area (Å²) in [6.07, 6.45) is 0.833. The third kappa shape index (κ3) is 4.16. The first kappa shape index (κ1) is 13.6. The van der Waals surface area contributed by atoms with E-state index in [4.69, 9.17) is 10.8 Å². The Morgan fingerprint density at radius 3 is 2.44 bits per heavy atom. The van der Waals surface area contributed by atoms with Gasteiger partial charge in [0.25, 0.3) is 0 Å². The number of benzene rings is 1. The zero-order chi connectivity index (χ0) is 12.0. The fourth-order valence-corrected chi connectivity index (χ4v) is 2.79. The van der Waals surface area contributed by atoms with E-state index in [0.29, 0.717) is 5.25 Å². The first-order valence-corrected chi connectivity index (χ1v) is 6.74. The van der Waals surface area contributed by atoms with E-state index >= 15 is 0 Å². The lowest BCUT2D eigenvalue weighted by Gasteiger charge is -2.20. The van der Waals surface area contributed by atoms with Crippen molar-refractivity contribution in [2.24, 2.45) is 5.73 Å². The van der Waals surface area contributed by atoms with Crippen molar-refractivity contribution >= 4 is 11.8 Å². The van der Waals surface area contributed by atoms with Crippen molar-refractivity contribution in [1.82, 2.24) is 0 Å². The lowest BCUT2D eigenvalue weighted by atomic mass is 10.1. The predicted molar refractivity (Wildman–Crippen MR) is 71.7 cm³/mol. The van der Waals surface area contributed by atoms with Gasteiger partial charge in [0.2, 0.25) is 0 Å². The van der Waals surface area contributed by atoms with Gasteiger partial charge in [-0.25, -0.2) is 0 Å². The molecule has 0 bridgehead atoms. The summed E-state index contributed by atoms with van der Waals surface area (Å²) in [4.78, 5) is 0. The predicted octanol–water partition coefficient (Wildman–Crippen LogP) is 2.50. The largest absolute Gasteiger partial charge is 0.396 e. The van der Waals surface area contributed by atoms with Gasteiger partial charge in [-0.05, 0) is 31.6 Å². The second-order valence-corrected chi connectivity index (χ2v) is 5.39. The molecule has 0 aliphatic heterocycles. The molecule has 2 nitrogen and oxygen atoms in total. The highest BCUT2D eigenvalue weighted by atomic mass is 32.2. The average Bonchev–Trinajstić information content (AvgIpc) is 2.26. The van der Waals surface area contributed by atoms with Crippen molar-refractivity contribution in [3.8, 4) is 0 Å². The molecule has 0 amide bonds. The molecule has 3 N–H and O–H groups in total. The summed E-state index contributed by atoms with van der Waals surface area (Å²) >= 11 is 1.83. The van der Waals surface area contributed by atoms with Crippen molar-refractivity contribution in [2.45, 2.75) is 31.6 Å². The van der Waals surface area contributed by atoms with Crippen LogP contribution in [0, 0.1) is 6.92 Å². The standard InChI is InChI=1S/C13H21NOS/c1-10-4-6-12(7-5-10)13(11(2)14)16-9-3-8-15/h4-7,11,13,15H,3,8-9,14H2,1-2H3. The lowest BCUT2D eigenvalue weighted by molar-refractivity contribution is 0.296. The Bertz CT molecular complexity index is 297. The van der Waals surface area contributed by atoms with Crippen LogP contribution in [0.4, 0.5) is 0 Å². The highest BCUT2D eigenvalue weighted by Gasteiger charge is 2.15. The lowest BCUT2D eigenvalue weighted by Crippen LogP contribution is -2.23. The fraction of sp³-hybridized carbons (Fsp3) is 0.538. The Balaban J connectivity index is 2.65. The molecule has 2 atom stereocenters. The summed E-state index contributed by atoms with van der Waals surface area (Å²) in [6.45, 7) is 4.38. The van der Waals surface area contributed by atoms with E-state index in [1.165, 1.54) is 11.1 Å². The molecule has 16 heavy (non-hydrogen) atoms. The van der Waals surface area contributed by atoms with Gasteiger partial charge in [-0.3, -0.25) is 0 Å². The van der Waals surface area contributed by atoms with Gasteiger partial charge in [0.05, 0.1) is 0 Å². The zero-order valence-electron chi connectivity index (χ0n) is 10.0. The summed E-state index contributed by atoms with van der Waals surface area (Å²) in [6, 6.07) is 8.67. The average molecular weight is 239 g/mol. The quantitative estimate of drug-likeness (QED) is 0.750. The molecule has 0 heterocycles. The van der Waals surface area contributed by atoms with Gasteiger partial charge in [-0.1, -0.05) is 29.8 Å². The van der Waals surface area contributed by atoms with Gasteiger partial charge in [0.1, 0.15) is 0 Å². The highest BCUT2D eigenvalue weighted by molar-refractivity contribution is 7.99. The molecule has 0 aliphatic carbocycles. The number of hydrogen-bond donors (Lipinski definition) is 2. The molecule has 3 heteroatoms. The van der Waals surface area contributed by atoms with Crippen LogP contribution in [0.1, 0.15) is 29.7 Å². The number of thioether (sulfide) groups is 1. The maximum Gasteiger partial charge on any atom is 0.0445 e. The van der Waals surface area contributed by atoms with Crippen molar-refractivity contribution < 1.29 is 5.11 Å². The van der Waals surface area contributed by atoms with Crippen LogP contribution in [0.25, 0.3) is 0 Å². The van der Waals surface area contributed by atoms with Crippen LogP contribution in [0.2, 0.25) is 0 Å². The van der Waals surface area contributed by atoms with E-state index in [0.717, 1.165) is 12.2 Å². The summed E-state index contributed by atoms with van der Waals surface area (Å²) in [5.41, 5.74) is 8.56. The Morgan fingerprint density at radius 1 is 1.31 bits per heavy atom. The van der Waals surface area contributed by atoms with Crippen LogP contribution in [0.15, 0.2) is 24.3 Å². The number of rotatable bonds is 6. The number of aliphatic hydroxyl groups is 1. The molecular weight excluding hydrogens is 218 g/mol. The third-order valence-corrected chi connectivity index (χ3v) is 4.07. The van der Waals surface area contributed by atoms with Gasteiger partial charge in [0.15, 0.2) is 0 Å². The van der Waals surface area contributed by atoms with E-state index < -0.39 is 0 Å². The van der Waals surface area contributed by atoms with Crippen LogP contribution in [0.5, 0.6) is 0 Å². The number of aryl methyl sites for hydroxylation is 1. The normalized spacial score (nSPS) is 14.8. The Labute approximate surface area is 102 Å². The number of nitrogens with two attached hydrogens (primary N) is 1. The maximum atomic E-state index is 8.78. The Morgan fingerprint density at radius 2 is 1.94 bits per heavy atom. The minimum atomic E-state index is 0.131. The van der Waals surface area contributed by atoms with Crippen molar-refractivity contribution in [2.75, 3.05) is 12.4 Å². The molecule has 0 spiro atoms. The molecule has 0 saturated heterocycles. The second kappa shape index (κ2) is 6.94. The molecule has 2 unspecified atom stereocenters. The van der Waals surface area contributed by atoms with E-state index in [9.17, 15) is 0 Å². The van der Waals surface area contributed by atoms with Gasteiger partial charge in [-0.2, -0.15) is 11.8 Å². The van der Waals surface area contributed by atoms with Crippen molar-refractivity contribution in [3.63, 3.8) is 0 Å². The van der Waals surface area contributed by atoms with E-state index in [-0.39, 0.29) is 12.6 Å². The van der Waals surface area contributed by atoms with Gasteiger partial charge in [0, 0.05) is 17.9 Å². The van der Waals surface area contributed by atoms with Crippen LogP contribution in [0.3, 0.4) is 0 Å². The molecule has 0 aliphatic rings. The van der Waals surface area contributed by atoms with E-state index in [2.05, 4.69) is 31.2 Å². The van der Waals surface area contributed by atoms with Crippen LogP contribution in [-0.2, 0) is 0 Å². The molecule has 0 radical (unpaired) electrons. The first-order valence-electron chi connectivity index (χ1n) is 5.69. The van der Waals surface area contributed by atoms with Crippen LogP contribution >= 0.6 is 11.8 Å². The Kier molecular flexibility index (Phi) is 5.88. The minimum absolute atomic E-state index is 0.131. The molecule has 0 fully saturated rings. The van der Waals surface area contributed by atoms with Gasteiger partial charge < -0.3 is 10.8 Å². The minimum Gasteiger partial charge on any atom is -0.396 e. The van der Waals surface area contributed by atoms with Crippen molar-refractivity contribution in [3.05, 3.63) is 35.4 Å². The van der Waals surface area contributed by atoms with Gasteiger partial charge >= 0.3 is 0 Å². The van der Waals surface area contributed by atoms with E-state index in [1.54, 1.807) is 0 Å². The summed E-state index contributed by atoms with van der Waals surface area (Å²) in [5.74, 6) is 0.955. The van der Waals surface area contributed by atoms with E-state index in [1.807, 2.05) is 18.7 Å². The number of aliphatic hydroxyl groups excluding tert-OH is 1. The SMILES string of the molecule is Cc1ccc(C(SCCCO)C(C)N)cc1. The molecule has 1 aromatic carbocycles. The molecule has 1 aromatic rings.